The van der Waals surface area contributed by atoms with E-state index >= 15 is 0 Å². The van der Waals surface area contributed by atoms with E-state index in [1.165, 1.54) is 0 Å². The van der Waals surface area contributed by atoms with Crippen molar-refractivity contribution in [3.8, 4) is 0 Å². The molecule has 0 heterocycles. The number of aliphatic carboxylic acids is 1. The molecule has 0 aliphatic carbocycles. The topological polar surface area (TPSA) is 109 Å². The maximum Gasteiger partial charge on any atom is 0.320 e. The monoisotopic (exact) mass is 240 g/mol. The number of carbonyl (C=O) groups is 3. The number of carbonyl (C=O) groups excluding carboxylic acids is 2. The zero-order chi connectivity index (χ0) is 16.3. The first-order valence-corrected chi connectivity index (χ1v) is 4.54. The summed E-state index contributed by atoms with van der Waals surface area (Å²) in [5, 5.41) is 10.7. The van der Waals surface area contributed by atoms with Crippen LogP contribution in [0.15, 0.2) is 24.2 Å². The van der Waals surface area contributed by atoms with E-state index in [1.807, 2.05) is 5.32 Å². The molecule has 1 aromatic carbocycles. The number of carboxylic acids is 1. The van der Waals surface area contributed by atoms with Crippen LogP contribution in [0.2, 0.25) is 0 Å². The number of amides is 1. The van der Waals surface area contributed by atoms with Crippen LogP contribution in [0.1, 0.15) is 22.3 Å². The Balaban J connectivity index is 3.42. The fraction of sp³-hybridized carbons (Fsp3) is 0.182. The molecule has 4 N–H and O–H groups in total. The highest BCUT2D eigenvalue weighted by Gasteiger charge is 2.19. The summed E-state index contributed by atoms with van der Waals surface area (Å²) < 4.78 is 30.3. The molecule has 0 aromatic heterocycles. The average molecular weight is 240 g/mol. The third-order valence-electron chi connectivity index (χ3n) is 1.89. The second-order valence-corrected chi connectivity index (χ2v) is 3.08. The Bertz CT molecular complexity index is 621. The lowest BCUT2D eigenvalue weighted by molar-refractivity contribution is -0.138. The van der Waals surface area contributed by atoms with Gasteiger partial charge in [0.1, 0.15) is 6.04 Å². The second kappa shape index (κ2) is 5.76. The van der Waals surface area contributed by atoms with Crippen LogP contribution in [0.25, 0.3) is 0 Å². The predicted octanol–water partition coefficient (Wildman–Crippen LogP) is 0.240. The maximum atomic E-state index is 12.0. The molecule has 6 heteroatoms. The number of ketones is 1. The number of Topliss-reactive ketones (excluding diaryl/α,β-unsaturated/α-hetero) is 1. The van der Waals surface area contributed by atoms with E-state index in [-0.39, 0.29) is 6.41 Å². The number of nitrogens with one attached hydrogen (secondary N) is 1. The van der Waals surface area contributed by atoms with Gasteiger partial charge >= 0.3 is 5.97 Å². The number of benzene rings is 1. The van der Waals surface area contributed by atoms with E-state index < -0.39 is 59.6 Å². The van der Waals surface area contributed by atoms with Crippen LogP contribution in [0.3, 0.4) is 0 Å². The van der Waals surface area contributed by atoms with E-state index in [4.69, 9.17) is 16.3 Å². The molecule has 0 fully saturated rings. The van der Waals surface area contributed by atoms with Crippen molar-refractivity contribution in [2.45, 2.75) is 12.5 Å². The Kier molecular flexibility index (Phi) is 2.70. The van der Waals surface area contributed by atoms with Crippen molar-refractivity contribution in [3.63, 3.8) is 0 Å². The molecule has 0 radical (unpaired) electrons. The van der Waals surface area contributed by atoms with Crippen molar-refractivity contribution in [2.24, 2.45) is 5.73 Å². The fourth-order valence-corrected chi connectivity index (χ4v) is 1.08. The van der Waals surface area contributed by atoms with Gasteiger partial charge < -0.3 is 16.2 Å². The zero-order valence-electron chi connectivity index (χ0n) is 12.6. The van der Waals surface area contributed by atoms with Gasteiger partial charge in [0.05, 0.1) is 11.2 Å². The third-order valence-corrected chi connectivity index (χ3v) is 1.89. The molecule has 0 bridgehead atoms. The van der Waals surface area contributed by atoms with Gasteiger partial charge in [-0.25, -0.2) is 0 Å². The molecular formula is C11H12N2O4. The summed E-state index contributed by atoms with van der Waals surface area (Å²) in [5.74, 6) is -2.32. The quantitative estimate of drug-likeness (QED) is 0.487. The standard InChI is InChI=1S/C11H12N2O4/c12-8(11(16)17)5-10(15)7-3-1-2-4-9(7)13-6-14/h1-4,6,8H,5,12H2,(H,13,14)(H,16,17)/i1D,2D,3D,4D. The first-order chi connectivity index (χ1) is 9.72. The Morgan fingerprint density at radius 2 is 2.18 bits per heavy atom. The summed E-state index contributed by atoms with van der Waals surface area (Å²) in [6.45, 7) is 0. The van der Waals surface area contributed by atoms with Crippen LogP contribution < -0.4 is 11.1 Å². The van der Waals surface area contributed by atoms with Gasteiger partial charge in [0, 0.05) is 12.0 Å². The van der Waals surface area contributed by atoms with Gasteiger partial charge in [-0.2, -0.15) is 0 Å². The molecule has 1 aromatic rings. The smallest absolute Gasteiger partial charge is 0.320 e. The summed E-state index contributed by atoms with van der Waals surface area (Å²) in [4.78, 5) is 33.2. The van der Waals surface area contributed by atoms with Crippen LogP contribution in [-0.2, 0) is 9.59 Å². The molecule has 0 aliphatic rings. The molecular weight excluding hydrogens is 224 g/mol. The Hall–Kier alpha value is -2.21. The number of hydrogen-bond donors (Lipinski definition) is 3. The molecule has 90 valence electrons. The largest absolute Gasteiger partial charge is 0.480 e. The first-order valence-electron chi connectivity index (χ1n) is 6.54. The highest BCUT2D eigenvalue weighted by molar-refractivity contribution is 6.04. The molecule has 1 rings (SSSR count). The van der Waals surface area contributed by atoms with Crippen LogP contribution in [0, 0.1) is 0 Å². The first kappa shape index (κ1) is 7.97. The maximum absolute atomic E-state index is 12.0. The van der Waals surface area contributed by atoms with Gasteiger partial charge in [0.15, 0.2) is 5.78 Å². The number of para-hydroxylation sites is 1. The number of hydrogen-bond acceptors (Lipinski definition) is 4. The second-order valence-electron chi connectivity index (χ2n) is 3.08. The van der Waals surface area contributed by atoms with Gasteiger partial charge in [-0.3, -0.25) is 14.4 Å². The minimum atomic E-state index is -1.51. The highest BCUT2D eigenvalue weighted by Crippen LogP contribution is 2.16. The third kappa shape index (κ3) is 3.39. The van der Waals surface area contributed by atoms with E-state index in [9.17, 15) is 14.4 Å². The van der Waals surface area contributed by atoms with Crippen molar-refractivity contribution in [1.29, 1.82) is 0 Å². The van der Waals surface area contributed by atoms with E-state index in [0.717, 1.165) is 0 Å². The van der Waals surface area contributed by atoms with Gasteiger partial charge in [-0.05, 0) is 12.1 Å². The van der Waals surface area contributed by atoms with Gasteiger partial charge in [0.2, 0.25) is 6.41 Å². The van der Waals surface area contributed by atoms with Crippen molar-refractivity contribution >= 4 is 23.9 Å². The van der Waals surface area contributed by atoms with Gasteiger partial charge in [0.25, 0.3) is 0 Å². The lowest BCUT2D eigenvalue weighted by Crippen LogP contribution is -2.32. The Morgan fingerprint density at radius 1 is 1.53 bits per heavy atom. The molecule has 1 amide bonds. The number of carboxylic acid groups (broad SMARTS) is 1. The highest BCUT2D eigenvalue weighted by atomic mass is 16.4. The summed E-state index contributed by atoms with van der Waals surface area (Å²) in [6.07, 6.45) is -0.505. The molecule has 0 saturated carbocycles. The predicted molar refractivity (Wildman–Crippen MR) is 60.7 cm³/mol. The summed E-state index contributed by atoms with van der Waals surface area (Å²) >= 11 is 0. The van der Waals surface area contributed by atoms with E-state index in [0.29, 0.717) is 0 Å². The van der Waals surface area contributed by atoms with Gasteiger partial charge in [-0.15, -0.1) is 0 Å². The SMILES string of the molecule is [2H]c1c([2H])c([2H])c(C(=O)CC(N)C(=O)O)c(NC=O)c1[2H]. The van der Waals surface area contributed by atoms with E-state index in [2.05, 4.69) is 0 Å². The fourth-order valence-electron chi connectivity index (χ4n) is 1.08. The molecule has 1 atom stereocenters. The zero-order valence-corrected chi connectivity index (χ0v) is 8.61. The number of nitrogens with two attached hydrogens (primary N) is 1. The van der Waals surface area contributed by atoms with Crippen LogP contribution >= 0.6 is 0 Å². The lowest BCUT2D eigenvalue weighted by atomic mass is 10.0. The molecule has 6 nitrogen and oxygen atoms in total. The van der Waals surface area contributed by atoms with Crippen molar-refractivity contribution in [2.75, 3.05) is 5.32 Å². The molecule has 0 spiro atoms. The van der Waals surface area contributed by atoms with Crippen LogP contribution in [0.5, 0.6) is 0 Å². The summed E-state index contributed by atoms with van der Waals surface area (Å²) in [5.41, 5.74) is 4.33. The number of anilines is 1. The molecule has 17 heavy (non-hydrogen) atoms. The minimum absolute atomic E-state index is 0.157. The lowest BCUT2D eigenvalue weighted by Gasteiger charge is -2.09. The molecule has 0 saturated heterocycles. The number of rotatable bonds is 6. The minimum Gasteiger partial charge on any atom is -0.480 e. The molecule has 1 unspecified atom stereocenters. The van der Waals surface area contributed by atoms with Crippen molar-refractivity contribution < 1.29 is 25.0 Å². The Morgan fingerprint density at radius 3 is 2.76 bits per heavy atom. The van der Waals surface area contributed by atoms with Crippen LogP contribution in [-0.4, -0.2) is 29.3 Å². The normalized spacial score (nSPS) is 14.9. The summed E-state index contributed by atoms with van der Waals surface area (Å²) in [7, 11) is 0. The Labute approximate surface area is 103 Å². The molecule has 0 aliphatic heterocycles. The van der Waals surface area contributed by atoms with E-state index in [1.54, 1.807) is 0 Å². The van der Waals surface area contributed by atoms with Crippen LogP contribution in [0.4, 0.5) is 5.69 Å². The average Bonchev–Trinajstić information content (AvgIpc) is 2.42. The van der Waals surface area contributed by atoms with Crippen molar-refractivity contribution in [1.82, 2.24) is 0 Å². The summed E-state index contributed by atoms with van der Waals surface area (Å²) in [6, 6.07) is -4.06. The van der Waals surface area contributed by atoms with Gasteiger partial charge in [-0.1, -0.05) is 12.1 Å². The van der Waals surface area contributed by atoms with Crippen molar-refractivity contribution in [3.05, 3.63) is 29.7 Å².